The zero-order chi connectivity index (χ0) is 16.4. The van der Waals surface area contributed by atoms with E-state index in [1.165, 1.54) is 19.3 Å². The molecular formula is C18H29NO3. The standard InChI is InChI=1S/C18H29NO3/c1-5-7-8-9-12-22-16-11-10-15(13-17(16)21-6-2)18(3,4)14-19-20/h10-11,13H,5-9,12,14H2,1-4H3. The van der Waals surface area contributed by atoms with Gasteiger partial charge in [0.15, 0.2) is 11.5 Å². The fourth-order valence-electron chi connectivity index (χ4n) is 2.28. The maximum absolute atomic E-state index is 10.6. The molecule has 0 spiro atoms. The fourth-order valence-corrected chi connectivity index (χ4v) is 2.28. The Kier molecular flexibility index (Phi) is 7.92. The van der Waals surface area contributed by atoms with Crippen LogP contribution >= 0.6 is 0 Å². The van der Waals surface area contributed by atoms with Crippen molar-refractivity contribution in [1.29, 1.82) is 0 Å². The summed E-state index contributed by atoms with van der Waals surface area (Å²) in [4.78, 5) is 10.6. The van der Waals surface area contributed by atoms with Crippen LogP contribution in [0.1, 0.15) is 58.9 Å². The van der Waals surface area contributed by atoms with Crippen LogP contribution in [-0.4, -0.2) is 19.8 Å². The van der Waals surface area contributed by atoms with Gasteiger partial charge in [-0.15, -0.1) is 0 Å². The molecule has 1 aromatic carbocycles. The van der Waals surface area contributed by atoms with E-state index in [4.69, 9.17) is 9.47 Å². The summed E-state index contributed by atoms with van der Waals surface area (Å²) in [5.41, 5.74) is 0.738. The number of hydrogen-bond acceptors (Lipinski definition) is 4. The van der Waals surface area contributed by atoms with Gasteiger partial charge in [0.1, 0.15) is 0 Å². The highest BCUT2D eigenvalue weighted by Crippen LogP contribution is 2.34. The average molecular weight is 307 g/mol. The van der Waals surface area contributed by atoms with Crippen molar-refractivity contribution in [3.63, 3.8) is 0 Å². The molecule has 0 N–H and O–H groups in total. The van der Waals surface area contributed by atoms with Crippen LogP contribution in [0.2, 0.25) is 0 Å². The van der Waals surface area contributed by atoms with Crippen molar-refractivity contribution < 1.29 is 9.47 Å². The highest BCUT2D eigenvalue weighted by atomic mass is 16.5. The molecule has 1 aromatic rings. The third-order valence-corrected chi connectivity index (χ3v) is 3.74. The monoisotopic (exact) mass is 307 g/mol. The van der Waals surface area contributed by atoms with E-state index < -0.39 is 0 Å². The SMILES string of the molecule is CCCCCCOc1ccc(C(C)(C)CN=O)cc1OCC. The molecular weight excluding hydrogens is 278 g/mol. The fraction of sp³-hybridized carbons (Fsp3) is 0.667. The molecule has 0 bridgehead atoms. The first-order valence-electron chi connectivity index (χ1n) is 8.24. The first-order valence-corrected chi connectivity index (χ1v) is 8.24. The molecule has 0 aliphatic rings. The van der Waals surface area contributed by atoms with Crippen LogP contribution in [-0.2, 0) is 5.41 Å². The summed E-state index contributed by atoms with van der Waals surface area (Å²) in [6.45, 7) is 9.70. The lowest BCUT2D eigenvalue weighted by Gasteiger charge is -2.23. The van der Waals surface area contributed by atoms with E-state index in [1.807, 2.05) is 39.0 Å². The molecule has 4 nitrogen and oxygen atoms in total. The smallest absolute Gasteiger partial charge is 0.161 e. The quantitative estimate of drug-likeness (QED) is 0.422. The van der Waals surface area contributed by atoms with Crippen LogP contribution in [0.3, 0.4) is 0 Å². The second kappa shape index (κ2) is 9.44. The van der Waals surface area contributed by atoms with E-state index in [-0.39, 0.29) is 12.0 Å². The number of ether oxygens (including phenoxy) is 2. The van der Waals surface area contributed by atoms with Gasteiger partial charge in [-0.25, -0.2) is 0 Å². The topological polar surface area (TPSA) is 47.9 Å². The summed E-state index contributed by atoms with van der Waals surface area (Å²) < 4.78 is 11.5. The van der Waals surface area contributed by atoms with E-state index in [0.29, 0.717) is 13.2 Å². The number of rotatable bonds is 11. The van der Waals surface area contributed by atoms with Gasteiger partial charge in [0, 0.05) is 5.41 Å². The van der Waals surface area contributed by atoms with Gasteiger partial charge in [-0.3, -0.25) is 0 Å². The number of unbranched alkanes of at least 4 members (excludes halogenated alkanes) is 3. The number of hydrogen-bond donors (Lipinski definition) is 0. The maximum atomic E-state index is 10.6. The molecule has 1 rings (SSSR count). The number of nitroso groups, excluding NO2 is 1. The summed E-state index contributed by atoms with van der Waals surface area (Å²) in [5, 5.41) is 3.04. The average Bonchev–Trinajstić information content (AvgIpc) is 2.48. The van der Waals surface area contributed by atoms with E-state index in [2.05, 4.69) is 12.1 Å². The minimum absolute atomic E-state index is 0.246. The third kappa shape index (κ3) is 5.66. The zero-order valence-corrected chi connectivity index (χ0v) is 14.4. The molecule has 4 heteroatoms. The van der Waals surface area contributed by atoms with E-state index >= 15 is 0 Å². The van der Waals surface area contributed by atoms with Gasteiger partial charge < -0.3 is 9.47 Å². The molecule has 22 heavy (non-hydrogen) atoms. The molecule has 124 valence electrons. The van der Waals surface area contributed by atoms with E-state index in [1.54, 1.807) is 0 Å². The second-order valence-electron chi connectivity index (χ2n) is 6.17. The van der Waals surface area contributed by atoms with Gasteiger partial charge in [0.25, 0.3) is 0 Å². The molecule has 0 amide bonds. The van der Waals surface area contributed by atoms with E-state index in [9.17, 15) is 4.91 Å². The second-order valence-corrected chi connectivity index (χ2v) is 6.17. The van der Waals surface area contributed by atoms with Gasteiger partial charge in [-0.05, 0) is 31.0 Å². The van der Waals surface area contributed by atoms with Crippen LogP contribution in [0.25, 0.3) is 0 Å². The van der Waals surface area contributed by atoms with E-state index in [0.717, 1.165) is 23.5 Å². The third-order valence-electron chi connectivity index (χ3n) is 3.74. The van der Waals surface area contributed by atoms with Crippen molar-refractivity contribution >= 4 is 0 Å². The molecule has 0 heterocycles. The summed E-state index contributed by atoms with van der Waals surface area (Å²) >= 11 is 0. The van der Waals surface area contributed by atoms with Crippen LogP contribution in [0.15, 0.2) is 23.4 Å². The Labute approximate surface area is 134 Å². The molecule has 0 aliphatic heterocycles. The van der Waals surface area contributed by atoms with Crippen molar-refractivity contribution in [2.45, 2.75) is 58.8 Å². The predicted molar refractivity (Wildman–Crippen MR) is 90.9 cm³/mol. The van der Waals surface area contributed by atoms with Crippen LogP contribution in [0.5, 0.6) is 11.5 Å². The van der Waals surface area contributed by atoms with Gasteiger partial charge in [0.2, 0.25) is 0 Å². The number of nitrogens with zero attached hydrogens (tertiary/aromatic N) is 1. The maximum Gasteiger partial charge on any atom is 0.161 e. The minimum Gasteiger partial charge on any atom is -0.490 e. The van der Waals surface area contributed by atoms with Gasteiger partial charge in [-0.1, -0.05) is 51.3 Å². The van der Waals surface area contributed by atoms with Gasteiger partial charge in [0.05, 0.1) is 19.8 Å². The lowest BCUT2D eigenvalue weighted by atomic mass is 9.84. The predicted octanol–water partition coefficient (Wildman–Crippen LogP) is 5.09. The van der Waals surface area contributed by atoms with Crippen molar-refractivity contribution in [3.8, 4) is 11.5 Å². The largest absolute Gasteiger partial charge is 0.490 e. The highest BCUT2D eigenvalue weighted by Gasteiger charge is 2.22. The Balaban J connectivity index is 2.79. The summed E-state index contributed by atoms with van der Waals surface area (Å²) in [6.07, 6.45) is 4.71. The Morgan fingerprint density at radius 3 is 2.45 bits per heavy atom. The molecule has 0 aliphatic carbocycles. The lowest BCUT2D eigenvalue weighted by molar-refractivity contribution is 0.270. The Morgan fingerprint density at radius 1 is 1.05 bits per heavy atom. The first kappa shape index (κ1) is 18.5. The van der Waals surface area contributed by atoms with Crippen molar-refractivity contribution in [2.75, 3.05) is 19.8 Å². The van der Waals surface area contributed by atoms with Crippen LogP contribution in [0, 0.1) is 4.91 Å². The Morgan fingerprint density at radius 2 is 1.82 bits per heavy atom. The van der Waals surface area contributed by atoms with Crippen molar-refractivity contribution in [1.82, 2.24) is 0 Å². The van der Waals surface area contributed by atoms with Gasteiger partial charge >= 0.3 is 0 Å². The minimum atomic E-state index is -0.298. The molecule has 0 saturated heterocycles. The molecule has 0 aromatic heterocycles. The lowest BCUT2D eigenvalue weighted by Crippen LogP contribution is -2.21. The summed E-state index contributed by atoms with van der Waals surface area (Å²) in [7, 11) is 0. The number of benzene rings is 1. The molecule has 0 saturated carbocycles. The Hall–Kier alpha value is -1.58. The van der Waals surface area contributed by atoms with Crippen LogP contribution < -0.4 is 9.47 Å². The first-order chi connectivity index (χ1) is 10.5. The molecule has 0 radical (unpaired) electrons. The molecule has 0 unspecified atom stereocenters. The van der Waals surface area contributed by atoms with Crippen molar-refractivity contribution in [2.24, 2.45) is 5.18 Å². The van der Waals surface area contributed by atoms with Crippen LogP contribution in [0.4, 0.5) is 0 Å². The normalized spacial score (nSPS) is 11.3. The summed E-state index contributed by atoms with van der Waals surface area (Å²) in [5.74, 6) is 1.52. The molecule has 0 atom stereocenters. The van der Waals surface area contributed by atoms with Gasteiger partial charge in [-0.2, -0.15) is 4.91 Å². The highest BCUT2D eigenvalue weighted by molar-refractivity contribution is 5.45. The summed E-state index contributed by atoms with van der Waals surface area (Å²) in [6, 6.07) is 5.90. The van der Waals surface area contributed by atoms with Crippen molar-refractivity contribution in [3.05, 3.63) is 28.7 Å². The zero-order valence-electron chi connectivity index (χ0n) is 14.4. The Bertz CT molecular complexity index is 458. The molecule has 0 fully saturated rings.